The van der Waals surface area contributed by atoms with Crippen molar-refractivity contribution in [2.45, 2.75) is 23.7 Å². The molecule has 2 fully saturated rings. The Balaban J connectivity index is 1.34. The highest BCUT2D eigenvalue weighted by atomic mass is 32.2. The molecule has 9 heteroatoms. The molecule has 1 aromatic carbocycles. The summed E-state index contributed by atoms with van der Waals surface area (Å²) in [5.41, 5.74) is 0.346. The Kier molecular flexibility index (Phi) is 4.82. The topological polar surface area (TPSA) is 99.5 Å². The minimum Gasteiger partial charge on any atom is -0.380 e. The predicted molar refractivity (Wildman–Crippen MR) is 120 cm³/mol. The summed E-state index contributed by atoms with van der Waals surface area (Å²) in [5, 5.41) is 12.1. The maximum atomic E-state index is 11.9. The largest absolute Gasteiger partial charge is 0.380 e. The minimum atomic E-state index is -3.04. The monoisotopic (exact) mass is 439 g/mol. The summed E-state index contributed by atoms with van der Waals surface area (Å²) in [6.45, 7) is 1.92. The van der Waals surface area contributed by atoms with Crippen molar-refractivity contribution in [2.75, 3.05) is 42.2 Å². The van der Waals surface area contributed by atoms with E-state index >= 15 is 0 Å². The lowest BCUT2D eigenvalue weighted by Crippen LogP contribution is -2.60. The van der Waals surface area contributed by atoms with E-state index in [1.54, 1.807) is 12.4 Å². The third kappa shape index (κ3) is 3.72. The molecule has 0 bridgehead atoms. The van der Waals surface area contributed by atoms with Gasteiger partial charge in [0.25, 0.3) is 0 Å². The fourth-order valence-corrected chi connectivity index (χ4v) is 5.58. The molecule has 0 amide bonds. The molecule has 0 spiro atoms. The quantitative estimate of drug-likeness (QED) is 0.656. The summed E-state index contributed by atoms with van der Waals surface area (Å²) in [5.74, 6) is 1.46. The predicted octanol–water partition coefficient (Wildman–Crippen LogP) is 1.75. The Labute approximate surface area is 181 Å². The van der Waals surface area contributed by atoms with E-state index in [2.05, 4.69) is 9.97 Å². The normalized spacial score (nSPS) is 19.4. The number of aliphatic hydroxyl groups is 1. The smallest absolute Gasteiger partial charge is 0.153 e. The van der Waals surface area contributed by atoms with Crippen molar-refractivity contribution in [3.63, 3.8) is 0 Å². The van der Waals surface area contributed by atoms with Crippen LogP contribution >= 0.6 is 0 Å². The number of rotatable bonds is 4. The fourth-order valence-electron chi connectivity index (χ4n) is 4.51. The number of nitrogens with zero attached hydrogens (tertiary/aromatic N) is 5. The van der Waals surface area contributed by atoms with Crippen molar-refractivity contribution in [1.29, 1.82) is 0 Å². The van der Waals surface area contributed by atoms with Crippen molar-refractivity contribution in [3.05, 3.63) is 54.5 Å². The van der Waals surface area contributed by atoms with Crippen LogP contribution < -0.4 is 9.80 Å². The number of para-hydroxylation sites is 1. The molecule has 1 N–H and O–H groups in total. The highest BCUT2D eigenvalue weighted by molar-refractivity contribution is 7.91. The van der Waals surface area contributed by atoms with Gasteiger partial charge in [-0.2, -0.15) is 0 Å². The van der Waals surface area contributed by atoms with Gasteiger partial charge in [0, 0.05) is 37.1 Å². The van der Waals surface area contributed by atoms with Gasteiger partial charge in [0.2, 0.25) is 0 Å². The molecule has 0 saturated carbocycles. The number of pyridine rings is 1. The lowest BCUT2D eigenvalue weighted by Gasteiger charge is -2.47. The van der Waals surface area contributed by atoms with Crippen LogP contribution in [0.25, 0.3) is 10.9 Å². The van der Waals surface area contributed by atoms with Crippen LogP contribution in [0.5, 0.6) is 0 Å². The van der Waals surface area contributed by atoms with Crippen LogP contribution in [0.3, 0.4) is 0 Å². The van der Waals surface area contributed by atoms with Crippen LogP contribution in [0.15, 0.2) is 48.8 Å². The van der Waals surface area contributed by atoms with E-state index in [4.69, 9.17) is 4.98 Å². The van der Waals surface area contributed by atoms with E-state index < -0.39 is 15.4 Å². The van der Waals surface area contributed by atoms with Crippen LogP contribution in [0.1, 0.15) is 18.5 Å². The molecular formula is C22H25N5O3S. The molecule has 2 saturated heterocycles. The number of hydrogen-bond donors (Lipinski definition) is 1. The fraction of sp³-hybridized carbons (Fsp3) is 0.409. The van der Waals surface area contributed by atoms with Crippen molar-refractivity contribution in [3.8, 4) is 0 Å². The molecule has 31 heavy (non-hydrogen) atoms. The highest BCUT2D eigenvalue weighted by Gasteiger charge is 2.47. The summed E-state index contributed by atoms with van der Waals surface area (Å²) in [7, 11) is -3.04. The summed E-state index contributed by atoms with van der Waals surface area (Å²) >= 11 is 0. The van der Waals surface area contributed by atoms with Crippen LogP contribution in [0.4, 0.5) is 11.6 Å². The van der Waals surface area contributed by atoms with Gasteiger partial charge in [0.05, 0.1) is 23.9 Å². The van der Waals surface area contributed by atoms with Crippen molar-refractivity contribution in [2.24, 2.45) is 0 Å². The first kappa shape index (κ1) is 20.1. The van der Waals surface area contributed by atoms with Crippen LogP contribution in [0, 0.1) is 0 Å². The van der Waals surface area contributed by atoms with Gasteiger partial charge < -0.3 is 14.9 Å². The van der Waals surface area contributed by atoms with E-state index in [1.807, 2.05) is 46.2 Å². The standard InChI is InChI=1S/C22H25N5O3S/c1-31(29,30)17-8-12-26(13-9-17)21-20(23-10-11-24-21)22(28)14-27(15-22)19-7-6-16-4-2-3-5-18(16)25-19/h2-7,10-11,17,28H,8-9,12-15H2,1H3. The van der Waals surface area contributed by atoms with Gasteiger partial charge in [0.1, 0.15) is 27.0 Å². The van der Waals surface area contributed by atoms with Crippen LogP contribution in [-0.4, -0.2) is 66.2 Å². The lowest BCUT2D eigenvalue weighted by molar-refractivity contribution is 0.00309. The van der Waals surface area contributed by atoms with Crippen molar-refractivity contribution < 1.29 is 13.5 Å². The van der Waals surface area contributed by atoms with Gasteiger partial charge in [-0.05, 0) is 31.0 Å². The zero-order valence-electron chi connectivity index (χ0n) is 17.3. The molecule has 0 aliphatic carbocycles. The average molecular weight is 440 g/mol. The van der Waals surface area contributed by atoms with Crippen molar-refractivity contribution >= 4 is 32.4 Å². The minimum absolute atomic E-state index is 0.315. The van der Waals surface area contributed by atoms with E-state index in [0.717, 1.165) is 16.7 Å². The van der Waals surface area contributed by atoms with Gasteiger partial charge in [-0.15, -0.1) is 0 Å². The zero-order valence-corrected chi connectivity index (χ0v) is 18.2. The van der Waals surface area contributed by atoms with E-state index in [9.17, 15) is 13.5 Å². The number of benzene rings is 1. The Morgan fingerprint density at radius 1 is 1.00 bits per heavy atom. The second kappa shape index (κ2) is 7.42. The van der Waals surface area contributed by atoms with E-state index in [0.29, 0.717) is 50.5 Å². The third-order valence-electron chi connectivity index (χ3n) is 6.28. The number of anilines is 2. The van der Waals surface area contributed by atoms with E-state index in [-0.39, 0.29) is 5.25 Å². The number of hydrogen-bond acceptors (Lipinski definition) is 8. The maximum Gasteiger partial charge on any atom is 0.153 e. The van der Waals surface area contributed by atoms with Gasteiger partial charge in [0.15, 0.2) is 5.82 Å². The number of β-amino-alcohol motifs (C(OH)–C–C–N with tert-alkyl or cyclic N) is 1. The second-order valence-corrected chi connectivity index (χ2v) is 10.8. The molecule has 2 aromatic heterocycles. The molecule has 0 radical (unpaired) electrons. The zero-order chi connectivity index (χ0) is 21.6. The number of fused-ring (bicyclic) bond motifs is 1. The Bertz CT molecular complexity index is 1220. The highest BCUT2D eigenvalue weighted by Crippen LogP contribution is 2.38. The van der Waals surface area contributed by atoms with Crippen molar-refractivity contribution in [1.82, 2.24) is 15.0 Å². The Morgan fingerprint density at radius 2 is 1.71 bits per heavy atom. The summed E-state index contributed by atoms with van der Waals surface area (Å²) in [6.07, 6.45) is 5.62. The molecule has 0 unspecified atom stereocenters. The number of sulfone groups is 1. The number of piperidine rings is 1. The molecule has 0 atom stereocenters. The van der Waals surface area contributed by atoms with Crippen LogP contribution in [0.2, 0.25) is 0 Å². The Morgan fingerprint density at radius 3 is 2.45 bits per heavy atom. The summed E-state index contributed by atoms with van der Waals surface area (Å²) < 4.78 is 23.7. The van der Waals surface area contributed by atoms with Gasteiger partial charge in [-0.3, -0.25) is 4.98 Å². The van der Waals surface area contributed by atoms with Gasteiger partial charge in [-0.25, -0.2) is 18.4 Å². The van der Waals surface area contributed by atoms with Gasteiger partial charge >= 0.3 is 0 Å². The Hall–Kier alpha value is -2.78. The SMILES string of the molecule is CS(=O)(=O)C1CCN(c2nccnc2C2(O)CN(c3ccc4ccccc4n3)C2)CC1. The first-order valence-electron chi connectivity index (χ1n) is 10.4. The molecule has 3 aromatic rings. The number of aromatic nitrogens is 3. The van der Waals surface area contributed by atoms with E-state index in [1.165, 1.54) is 6.26 Å². The first-order valence-corrected chi connectivity index (χ1v) is 12.4. The molecular weight excluding hydrogens is 414 g/mol. The summed E-state index contributed by atoms with van der Waals surface area (Å²) in [4.78, 5) is 17.8. The lowest BCUT2D eigenvalue weighted by atomic mass is 9.89. The molecule has 2 aliphatic heterocycles. The summed E-state index contributed by atoms with van der Waals surface area (Å²) in [6, 6.07) is 12.0. The molecule has 162 valence electrons. The second-order valence-electron chi connectivity index (χ2n) is 8.49. The van der Waals surface area contributed by atoms with Gasteiger partial charge in [-0.1, -0.05) is 18.2 Å². The third-order valence-corrected chi connectivity index (χ3v) is 7.96. The maximum absolute atomic E-state index is 11.9. The molecule has 4 heterocycles. The average Bonchev–Trinajstić information content (AvgIpc) is 2.76. The molecule has 5 rings (SSSR count). The molecule has 8 nitrogen and oxygen atoms in total. The molecule has 2 aliphatic rings. The van der Waals surface area contributed by atoms with Crippen LogP contribution in [-0.2, 0) is 15.4 Å². The first-order chi connectivity index (χ1) is 14.8.